The van der Waals surface area contributed by atoms with Gasteiger partial charge in [-0.05, 0) is 34.9 Å². The highest BCUT2D eigenvalue weighted by Crippen LogP contribution is 2.36. The van der Waals surface area contributed by atoms with Crippen LogP contribution in [0.15, 0.2) is 59.4 Å². The van der Waals surface area contributed by atoms with Crippen LogP contribution in [0.25, 0.3) is 33.8 Å². The third-order valence-corrected chi connectivity index (χ3v) is 6.36. The number of fused-ring (bicyclic) bond motifs is 1. The van der Waals surface area contributed by atoms with Crippen molar-refractivity contribution >= 4 is 16.9 Å². The number of benzene rings is 2. The van der Waals surface area contributed by atoms with E-state index in [2.05, 4.69) is 20.6 Å². The molecule has 1 unspecified atom stereocenters. The highest BCUT2D eigenvalue weighted by atomic mass is 16.6. The number of phenols is 2. The summed E-state index contributed by atoms with van der Waals surface area (Å²) in [6, 6.07) is 13.7. The molecule has 2 aromatic carbocycles. The molecule has 13 heteroatoms. The van der Waals surface area contributed by atoms with E-state index in [1.54, 1.807) is 6.20 Å². The Balaban J connectivity index is 1.35. The number of aromatic hydroxyl groups is 2. The Labute approximate surface area is 228 Å². The maximum Gasteiger partial charge on any atom is 0.199 e. The number of phenolic OH excluding ortho intramolecular Hbond substituents is 2. The second kappa shape index (κ2) is 11.6. The number of nitrogens with one attached hydrogen (secondary N) is 1. The third-order valence-electron chi connectivity index (χ3n) is 6.36. The average Bonchev–Trinajstić information content (AvgIpc) is 3.56. The first kappa shape index (κ1) is 26.9. The van der Waals surface area contributed by atoms with Gasteiger partial charge in [0.15, 0.2) is 34.6 Å². The van der Waals surface area contributed by atoms with Crippen molar-refractivity contribution in [1.82, 2.24) is 30.2 Å². The second-order valence-corrected chi connectivity index (χ2v) is 9.10. The van der Waals surface area contributed by atoms with E-state index < -0.39 is 12.2 Å². The molecule has 0 saturated heterocycles. The summed E-state index contributed by atoms with van der Waals surface area (Å²) in [6.07, 6.45) is -0.282. The molecule has 0 aliphatic carbocycles. The van der Waals surface area contributed by atoms with Gasteiger partial charge in [-0.1, -0.05) is 36.4 Å². The van der Waals surface area contributed by atoms with Gasteiger partial charge in [-0.15, -0.1) is 0 Å². The van der Waals surface area contributed by atoms with Crippen LogP contribution in [-0.4, -0.2) is 71.1 Å². The summed E-state index contributed by atoms with van der Waals surface area (Å²) in [5, 5.41) is 50.6. The average molecular weight is 548 g/mol. The molecule has 208 valence electrons. The molecule has 5 rings (SSSR count). The Kier molecular flexibility index (Phi) is 7.77. The summed E-state index contributed by atoms with van der Waals surface area (Å²) in [5.74, 6) is 0.370. The lowest BCUT2D eigenvalue weighted by atomic mass is 10.1. The fraction of sp³-hybridized carbons (Fsp3) is 0.259. The predicted molar refractivity (Wildman–Crippen MR) is 145 cm³/mol. The van der Waals surface area contributed by atoms with Crippen LogP contribution in [0.4, 0.5) is 5.82 Å². The molecule has 7 N–H and O–H groups in total. The number of imidazole rings is 1. The first-order valence-corrected chi connectivity index (χ1v) is 12.6. The van der Waals surface area contributed by atoms with Crippen molar-refractivity contribution in [3.05, 3.63) is 60.3 Å². The summed E-state index contributed by atoms with van der Waals surface area (Å²) < 4.78 is 12.7. The van der Waals surface area contributed by atoms with Gasteiger partial charge in [0.2, 0.25) is 0 Å². The standard InChI is InChI=1S/C27H29N7O6/c1-2-34-25-21(39-14-17(35)11-29-12-20(38)16-8-9-18(36)19(37)10-16)13-30-22(15-6-4-3-5-7-15)23(25)31-27(34)24-26(28)33-40-32-24/h3-10,13,17,20,29,35-38H,2,11-12,14H2,1H3,(H2,28,33)/t17?,20-/m0/s1. The van der Waals surface area contributed by atoms with E-state index in [-0.39, 0.29) is 37.0 Å². The van der Waals surface area contributed by atoms with Crippen molar-refractivity contribution in [3.8, 4) is 40.0 Å². The minimum absolute atomic E-state index is 0.0670. The number of rotatable bonds is 11. The smallest absolute Gasteiger partial charge is 0.199 e. The van der Waals surface area contributed by atoms with Crippen molar-refractivity contribution in [2.45, 2.75) is 25.7 Å². The predicted octanol–water partition coefficient (Wildman–Crippen LogP) is 2.22. The van der Waals surface area contributed by atoms with Crippen LogP contribution in [-0.2, 0) is 6.54 Å². The number of aliphatic hydroxyl groups is 2. The van der Waals surface area contributed by atoms with Gasteiger partial charge < -0.3 is 40.8 Å². The van der Waals surface area contributed by atoms with Gasteiger partial charge >= 0.3 is 0 Å². The number of pyridine rings is 1. The molecule has 3 heterocycles. The van der Waals surface area contributed by atoms with Crippen LogP contribution in [0.5, 0.6) is 17.2 Å². The number of nitrogens with two attached hydrogens (primary N) is 1. The van der Waals surface area contributed by atoms with Gasteiger partial charge in [-0.2, -0.15) is 0 Å². The fourth-order valence-corrected chi connectivity index (χ4v) is 4.36. The fourth-order valence-electron chi connectivity index (χ4n) is 4.36. The second-order valence-electron chi connectivity index (χ2n) is 9.10. The molecule has 0 spiro atoms. The van der Waals surface area contributed by atoms with Crippen LogP contribution >= 0.6 is 0 Å². The summed E-state index contributed by atoms with van der Waals surface area (Å²) in [5.41, 5.74) is 9.42. The molecular weight excluding hydrogens is 518 g/mol. The number of anilines is 1. The van der Waals surface area contributed by atoms with Gasteiger partial charge in [0.1, 0.15) is 23.7 Å². The summed E-state index contributed by atoms with van der Waals surface area (Å²) >= 11 is 0. The van der Waals surface area contributed by atoms with Crippen molar-refractivity contribution in [1.29, 1.82) is 0 Å². The number of nitrogens with zero attached hydrogens (tertiary/aromatic N) is 5. The topological polar surface area (TPSA) is 198 Å². The number of aliphatic hydroxyl groups excluding tert-OH is 2. The van der Waals surface area contributed by atoms with Crippen LogP contribution in [0, 0.1) is 0 Å². The number of aromatic nitrogens is 5. The van der Waals surface area contributed by atoms with Crippen LogP contribution in [0.1, 0.15) is 18.6 Å². The maximum atomic E-state index is 10.6. The van der Waals surface area contributed by atoms with Gasteiger partial charge in [0.25, 0.3) is 0 Å². The molecule has 5 aromatic rings. The first-order chi connectivity index (χ1) is 19.4. The highest BCUT2D eigenvalue weighted by molar-refractivity contribution is 5.95. The molecule has 0 radical (unpaired) electrons. The van der Waals surface area contributed by atoms with E-state index in [1.807, 2.05) is 41.8 Å². The normalized spacial score (nSPS) is 13.0. The zero-order valence-electron chi connectivity index (χ0n) is 21.6. The third kappa shape index (κ3) is 5.38. The SMILES string of the molecule is CCn1c(-c2nonc2N)nc2c(-c3ccccc3)ncc(OCC(O)CNC[C@H](O)c3ccc(O)c(O)c3)c21. The Morgan fingerprint density at radius 3 is 2.52 bits per heavy atom. The Bertz CT molecular complexity index is 1600. The zero-order chi connectivity index (χ0) is 28.2. The Morgan fingerprint density at radius 1 is 1.02 bits per heavy atom. The first-order valence-electron chi connectivity index (χ1n) is 12.6. The van der Waals surface area contributed by atoms with Crippen LogP contribution in [0.3, 0.4) is 0 Å². The number of ether oxygens (including phenoxy) is 1. The molecule has 0 aliphatic rings. The molecule has 0 bridgehead atoms. The minimum Gasteiger partial charge on any atom is -0.504 e. The monoisotopic (exact) mass is 547 g/mol. The molecule has 2 atom stereocenters. The van der Waals surface area contributed by atoms with E-state index in [0.29, 0.717) is 46.1 Å². The Hall–Kier alpha value is -4.72. The van der Waals surface area contributed by atoms with E-state index in [0.717, 1.165) is 5.56 Å². The molecule has 0 aliphatic heterocycles. The van der Waals surface area contributed by atoms with Gasteiger partial charge in [0, 0.05) is 25.2 Å². The van der Waals surface area contributed by atoms with Crippen LogP contribution < -0.4 is 15.8 Å². The molecule has 40 heavy (non-hydrogen) atoms. The van der Waals surface area contributed by atoms with E-state index >= 15 is 0 Å². The quantitative estimate of drug-likeness (QED) is 0.132. The van der Waals surface area contributed by atoms with Crippen LogP contribution in [0.2, 0.25) is 0 Å². The zero-order valence-corrected chi connectivity index (χ0v) is 21.6. The molecular formula is C27H29N7O6. The molecule has 3 aromatic heterocycles. The van der Waals surface area contributed by atoms with E-state index in [4.69, 9.17) is 20.1 Å². The lowest BCUT2D eigenvalue weighted by molar-refractivity contribution is 0.1000. The Morgan fingerprint density at radius 2 is 1.82 bits per heavy atom. The maximum absolute atomic E-state index is 10.6. The lowest BCUT2D eigenvalue weighted by Gasteiger charge is -2.17. The molecule has 0 fully saturated rings. The summed E-state index contributed by atoms with van der Waals surface area (Å²) in [7, 11) is 0. The summed E-state index contributed by atoms with van der Waals surface area (Å²) in [4.78, 5) is 9.42. The highest BCUT2D eigenvalue weighted by Gasteiger charge is 2.24. The molecule has 0 saturated carbocycles. The molecule has 0 amide bonds. The van der Waals surface area contributed by atoms with Gasteiger partial charge in [-0.25, -0.2) is 14.6 Å². The molecule has 13 nitrogen and oxygen atoms in total. The minimum atomic E-state index is -0.954. The number of nitrogen functional groups attached to an aromatic ring is 1. The number of hydrogen-bond acceptors (Lipinski definition) is 12. The van der Waals surface area contributed by atoms with Crippen molar-refractivity contribution < 1.29 is 29.8 Å². The number of aryl methyl sites for hydroxylation is 1. The van der Waals surface area contributed by atoms with Crippen molar-refractivity contribution in [3.63, 3.8) is 0 Å². The van der Waals surface area contributed by atoms with Crippen molar-refractivity contribution in [2.75, 3.05) is 25.4 Å². The van der Waals surface area contributed by atoms with E-state index in [1.165, 1.54) is 18.2 Å². The summed E-state index contributed by atoms with van der Waals surface area (Å²) in [6.45, 7) is 2.61. The number of hydrogen-bond donors (Lipinski definition) is 6. The lowest BCUT2D eigenvalue weighted by Crippen LogP contribution is -2.33. The van der Waals surface area contributed by atoms with Gasteiger partial charge in [0.05, 0.1) is 18.0 Å². The van der Waals surface area contributed by atoms with Crippen molar-refractivity contribution in [2.24, 2.45) is 0 Å². The van der Waals surface area contributed by atoms with Gasteiger partial charge in [-0.3, -0.25) is 0 Å². The van der Waals surface area contributed by atoms with E-state index in [9.17, 15) is 20.4 Å². The largest absolute Gasteiger partial charge is 0.504 e.